The molecule has 1 amide bonds. The zero-order chi connectivity index (χ0) is 24.1. The summed E-state index contributed by atoms with van der Waals surface area (Å²) >= 11 is 7.77. The van der Waals surface area contributed by atoms with Gasteiger partial charge in [-0.3, -0.25) is 4.79 Å². The van der Waals surface area contributed by atoms with Crippen LogP contribution in [0, 0.1) is 0 Å². The molecule has 0 radical (unpaired) electrons. The quantitative estimate of drug-likeness (QED) is 0.381. The molecule has 1 aliphatic rings. The molecular formula is C26H25ClN2O3S2. The number of fused-ring (bicyclic) bond motifs is 1. The Bertz CT molecular complexity index is 1290. The van der Waals surface area contributed by atoms with Crippen molar-refractivity contribution in [1.82, 2.24) is 9.21 Å². The number of thiophene rings is 1. The molecule has 0 N–H and O–H groups in total. The molecular weight excluding hydrogens is 488 g/mol. The molecule has 1 aromatic heterocycles. The first-order chi connectivity index (χ1) is 16.4. The number of carbonyl (C=O) groups excluding carboxylic acids is 1. The Morgan fingerprint density at radius 2 is 1.88 bits per heavy atom. The molecule has 176 valence electrons. The zero-order valence-corrected chi connectivity index (χ0v) is 20.9. The lowest BCUT2D eigenvalue weighted by Gasteiger charge is -2.37. The maximum Gasteiger partial charge on any atom is 0.238 e. The van der Waals surface area contributed by atoms with Gasteiger partial charge in [0.1, 0.15) is 0 Å². The summed E-state index contributed by atoms with van der Waals surface area (Å²) in [5.41, 5.74) is 2.79. The van der Waals surface area contributed by atoms with E-state index in [1.807, 2.05) is 66.0 Å². The van der Waals surface area contributed by atoms with Crippen LogP contribution in [-0.2, 0) is 21.2 Å². The summed E-state index contributed by atoms with van der Waals surface area (Å²) in [6, 6.07) is 18.4. The van der Waals surface area contributed by atoms with Crippen molar-refractivity contribution in [3.05, 3.63) is 111 Å². The second-order valence-corrected chi connectivity index (χ2v) is 11.2. The van der Waals surface area contributed by atoms with Crippen molar-refractivity contribution in [2.24, 2.45) is 0 Å². The van der Waals surface area contributed by atoms with Crippen LogP contribution in [0.3, 0.4) is 0 Å². The lowest BCUT2D eigenvalue weighted by Crippen LogP contribution is -2.46. The summed E-state index contributed by atoms with van der Waals surface area (Å²) in [6.45, 7) is 3.97. The average Bonchev–Trinajstić information content (AvgIpc) is 3.32. The van der Waals surface area contributed by atoms with E-state index in [4.69, 9.17) is 11.6 Å². The van der Waals surface area contributed by atoms with Crippen LogP contribution >= 0.6 is 22.9 Å². The summed E-state index contributed by atoms with van der Waals surface area (Å²) in [6.07, 6.45) is 3.76. The lowest BCUT2D eigenvalue weighted by molar-refractivity contribution is -0.133. The van der Waals surface area contributed by atoms with Gasteiger partial charge < -0.3 is 4.90 Å². The van der Waals surface area contributed by atoms with Crippen molar-refractivity contribution < 1.29 is 13.2 Å². The van der Waals surface area contributed by atoms with Gasteiger partial charge in [-0.15, -0.1) is 17.9 Å². The second-order valence-electron chi connectivity index (χ2n) is 7.93. The number of nitrogens with zero attached hydrogens (tertiary/aromatic N) is 2. The van der Waals surface area contributed by atoms with Gasteiger partial charge in [-0.2, -0.15) is 4.31 Å². The van der Waals surface area contributed by atoms with E-state index in [1.54, 1.807) is 16.2 Å². The number of hydrogen-bond acceptors (Lipinski definition) is 4. The van der Waals surface area contributed by atoms with Crippen molar-refractivity contribution in [2.75, 3.05) is 19.6 Å². The molecule has 1 atom stereocenters. The number of amides is 1. The summed E-state index contributed by atoms with van der Waals surface area (Å²) in [5.74, 6) is -0.254. The molecule has 0 spiro atoms. The Morgan fingerprint density at radius 3 is 2.59 bits per heavy atom. The van der Waals surface area contributed by atoms with E-state index < -0.39 is 10.0 Å². The number of halogens is 1. The Labute approximate surface area is 209 Å². The van der Waals surface area contributed by atoms with Crippen LogP contribution in [0.2, 0.25) is 5.02 Å². The highest BCUT2D eigenvalue weighted by molar-refractivity contribution is 7.92. The van der Waals surface area contributed by atoms with Gasteiger partial charge in [0.25, 0.3) is 0 Å². The van der Waals surface area contributed by atoms with Crippen LogP contribution in [-0.4, -0.2) is 43.2 Å². The molecule has 3 aromatic rings. The highest BCUT2D eigenvalue weighted by atomic mass is 35.5. The molecule has 2 heterocycles. The first-order valence-corrected chi connectivity index (χ1v) is 13.6. The van der Waals surface area contributed by atoms with E-state index in [9.17, 15) is 13.2 Å². The second kappa shape index (κ2) is 10.7. The summed E-state index contributed by atoms with van der Waals surface area (Å²) in [7, 11) is -3.84. The predicted octanol–water partition coefficient (Wildman–Crippen LogP) is 5.36. The minimum Gasteiger partial charge on any atom is -0.330 e. The SMILES string of the molecule is C=CCN(CC(=O)N1CCc2sccc2C1c1ccc(Cl)cc1)S(=O)(=O)C=Cc1ccccc1. The minimum atomic E-state index is -3.84. The van der Waals surface area contributed by atoms with Gasteiger partial charge in [-0.25, -0.2) is 8.42 Å². The first-order valence-electron chi connectivity index (χ1n) is 10.8. The Kier molecular flexibility index (Phi) is 7.68. The fourth-order valence-corrected chi connectivity index (χ4v) is 6.18. The van der Waals surface area contributed by atoms with E-state index in [-0.39, 0.29) is 25.0 Å². The van der Waals surface area contributed by atoms with E-state index in [1.165, 1.54) is 17.0 Å². The van der Waals surface area contributed by atoms with Crippen LogP contribution in [0.15, 0.2) is 84.1 Å². The molecule has 0 saturated carbocycles. The molecule has 34 heavy (non-hydrogen) atoms. The van der Waals surface area contributed by atoms with Crippen LogP contribution in [0.1, 0.15) is 27.6 Å². The standard InChI is InChI=1S/C26H25ClN2O3S2/c1-2-15-28(34(31,32)18-14-20-6-4-3-5-7-20)19-25(30)29-16-12-24-23(13-17-33-24)26(29)21-8-10-22(27)11-9-21/h2-11,13-14,17-18,26H,1,12,15-16,19H2. The Morgan fingerprint density at radius 1 is 1.15 bits per heavy atom. The van der Waals surface area contributed by atoms with E-state index >= 15 is 0 Å². The third-order valence-electron chi connectivity index (χ3n) is 5.71. The van der Waals surface area contributed by atoms with Gasteiger partial charge in [0.15, 0.2) is 0 Å². The third-order valence-corrected chi connectivity index (χ3v) is 8.43. The van der Waals surface area contributed by atoms with Crippen LogP contribution in [0.5, 0.6) is 0 Å². The number of sulfonamides is 1. The molecule has 0 aliphatic carbocycles. The highest BCUT2D eigenvalue weighted by Gasteiger charge is 2.34. The fraction of sp³-hybridized carbons (Fsp3) is 0.192. The summed E-state index contributed by atoms with van der Waals surface area (Å²) in [4.78, 5) is 16.5. The highest BCUT2D eigenvalue weighted by Crippen LogP contribution is 2.38. The molecule has 0 saturated heterocycles. The monoisotopic (exact) mass is 512 g/mol. The van der Waals surface area contributed by atoms with Gasteiger partial charge in [0.2, 0.25) is 15.9 Å². The minimum absolute atomic E-state index is 0.0381. The topological polar surface area (TPSA) is 57.7 Å². The molecule has 2 aromatic carbocycles. The van der Waals surface area contributed by atoms with Crippen molar-refractivity contribution in [1.29, 1.82) is 0 Å². The molecule has 0 fully saturated rings. The molecule has 8 heteroatoms. The van der Waals surface area contributed by atoms with Crippen LogP contribution in [0.4, 0.5) is 0 Å². The average molecular weight is 513 g/mol. The van der Waals surface area contributed by atoms with Crippen LogP contribution < -0.4 is 0 Å². The largest absolute Gasteiger partial charge is 0.330 e. The van der Waals surface area contributed by atoms with Crippen molar-refractivity contribution in [3.63, 3.8) is 0 Å². The Hall–Kier alpha value is -2.71. The predicted molar refractivity (Wildman–Crippen MR) is 139 cm³/mol. The Balaban J connectivity index is 1.60. The smallest absolute Gasteiger partial charge is 0.238 e. The third kappa shape index (κ3) is 5.50. The molecule has 1 unspecified atom stereocenters. The van der Waals surface area contributed by atoms with Gasteiger partial charge >= 0.3 is 0 Å². The van der Waals surface area contributed by atoms with Gasteiger partial charge in [-0.1, -0.05) is 60.1 Å². The lowest BCUT2D eigenvalue weighted by atomic mass is 9.93. The van der Waals surface area contributed by atoms with Crippen molar-refractivity contribution >= 4 is 44.9 Å². The molecule has 5 nitrogen and oxygen atoms in total. The van der Waals surface area contributed by atoms with Gasteiger partial charge in [-0.05, 0) is 52.8 Å². The number of benzene rings is 2. The van der Waals surface area contributed by atoms with Gasteiger partial charge in [0.05, 0.1) is 12.6 Å². The van der Waals surface area contributed by atoms with Gasteiger partial charge in [0, 0.05) is 28.4 Å². The van der Waals surface area contributed by atoms with E-state index in [0.29, 0.717) is 11.6 Å². The normalized spacial score (nSPS) is 16.1. The maximum atomic E-state index is 13.5. The van der Waals surface area contributed by atoms with Crippen molar-refractivity contribution in [3.8, 4) is 0 Å². The fourth-order valence-electron chi connectivity index (χ4n) is 4.05. The van der Waals surface area contributed by atoms with E-state index in [0.717, 1.165) is 32.8 Å². The van der Waals surface area contributed by atoms with Crippen LogP contribution in [0.25, 0.3) is 6.08 Å². The molecule has 0 bridgehead atoms. The number of rotatable bonds is 8. The summed E-state index contributed by atoms with van der Waals surface area (Å²) < 4.78 is 27.3. The zero-order valence-electron chi connectivity index (χ0n) is 18.5. The molecule has 1 aliphatic heterocycles. The first kappa shape index (κ1) is 24.4. The maximum absolute atomic E-state index is 13.5. The van der Waals surface area contributed by atoms with Crippen molar-refractivity contribution in [2.45, 2.75) is 12.5 Å². The summed E-state index contributed by atoms with van der Waals surface area (Å²) in [5, 5.41) is 3.80. The number of carbonyl (C=O) groups is 1. The number of hydrogen-bond donors (Lipinski definition) is 0. The molecule has 4 rings (SSSR count). The van der Waals surface area contributed by atoms with E-state index in [2.05, 4.69) is 6.58 Å².